The second kappa shape index (κ2) is 3.92. The Morgan fingerprint density at radius 1 is 1.38 bits per heavy atom. The summed E-state index contributed by atoms with van der Waals surface area (Å²) in [4.78, 5) is 13.8. The summed E-state index contributed by atoms with van der Waals surface area (Å²) >= 11 is 5.81. The van der Waals surface area contributed by atoms with Gasteiger partial charge < -0.3 is 14.6 Å². The minimum absolute atomic E-state index is 0.459. The zero-order chi connectivity index (χ0) is 11.0. The number of nitrogens with one attached hydrogen (secondary N) is 1. The fraction of sp³-hybridized carbons (Fsp3) is 0.400. The van der Waals surface area contributed by atoms with Gasteiger partial charge in [0.15, 0.2) is 5.65 Å². The number of ether oxygens (including phenoxy) is 1. The molecule has 5 nitrogen and oxygen atoms in total. The fourth-order valence-electron chi connectivity index (χ4n) is 1.77. The van der Waals surface area contributed by atoms with Gasteiger partial charge in [-0.25, -0.2) is 4.98 Å². The minimum atomic E-state index is 0.459. The maximum atomic E-state index is 5.81. The molecule has 0 bridgehead atoms. The predicted molar refractivity (Wildman–Crippen MR) is 61.7 cm³/mol. The maximum Gasteiger partial charge on any atom is 0.207 e. The summed E-state index contributed by atoms with van der Waals surface area (Å²) in [5, 5.41) is 0.459. The van der Waals surface area contributed by atoms with Gasteiger partial charge in [0.25, 0.3) is 0 Å². The van der Waals surface area contributed by atoms with Crippen molar-refractivity contribution in [2.75, 3.05) is 24.8 Å². The number of pyridine rings is 1. The molecular formula is C10H11ClN4O. The van der Waals surface area contributed by atoms with Gasteiger partial charge in [0.1, 0.15) is 11.9 Å². The third-order valence-corrected chi connectivity index (χ3v) is 2.77. The van der Waals surface area contributed by atoms with Crippen LogP contribution in [0.4, 0.5) is 5.95 Å². The van der Waals surface area contributed by atoms with Crippen molar-refractivity contribution in [3.63, 3.8) is 0 Å². The number of aromatic amines is 1. The Morgan fingerprint density at radius 2 is 2.31 bits per heavy atom. The van der Waals surface area contributed by atoms with Crippen molar-refractivity contribution in [3.8, 4) is 0 Å². The highest BCUT2D eigenvalue weighted by Crippen LogP contribution is 2.19. The third-order valence-electron chi connectivity index (χ3n) is 2.56. The Labute approximate surface area is 97.4 Å². The minimum Gasteiger partial charge on any atom is -0.361 e. The maximum absolute atomic E-state index is 5.81. The lowest BCUT2D eigenvalue weighted by Crippen LogP contribution is -2.33. The number of halogens is 1. The molecule has 1 aliphatic rings. The van der Waals surface area contributed by atoms with E-state index in [4.69, 9.17) is 16.3 Å². The van der Waals surface area contributed by atoms with E-state index in [1.54, 1.807) is 6.07 Å². The molecule has 0 aliphatic carbocycles. The molecule has 0 aromatic carbocycles. The van der Waals surface area contributed by atoms with Crippen LogP contribution in [0.2, 0.25) is 5.15 Å². The molecule has 0 atom stereocenters. The zero-order valence-electron chi connectivity index (χ0n) is 8.61. The van der Waals surface area contributed by atoms with E-state index >= 15 is 0 Å². The molecule has 84 valence electrons. The first-order chi connectivity index (χ1) is 7.83. The Hall–Kier alpha value is -1.33. The number of imidazole rings is 1. The van der Waals surface area contributed by atoms with Crippen LogP contribution in [-0.2, 0) is 4.74 Å². The van der Waals surface area contributed by atoms with Crippen LogP contribution in [0, 0.1) is 0 Å². The van der Waals surface area contributed by atoms with Crippen LogP contribution in [0.1, 0.15) is 6.42 Å². The number of hydrogen-bond donors (Lipinski definition) is 1. The first kappa shape index (κ1) is 9.86. The van der Waals surface area contributed by atoms with Crippen molar-refractivity contribution in [1.29, 1.82) is 0 Å². The molecule has 1 fully saturated rings. The second-order valence-electron chi connectivity index (χ2n) is 3.72. The molecule has 3 rings (SSSR count). The molecule has 1 N–H and O–H groups in total. The van der Waals surface area contributed by atoms with Crippen LogP contribution in [0.3, 0.4) is 0 Å². The van der Waals surface area contributed by atoms with E-state index in [0.717, 1.165) is 31.0 Å². The number of fused-ring (bicyclic) bond motifs is 1. The van der Waals surface area contributed by atoms with E-state index in [-0.39, 0.29) is 0 Å². The quantitative estimate of drug-likeness (QED) is 0.770. The Morgan fingerprint density at radius 3 is 3.12 bits per heavy atom. The van der Waals surface area contributed by atoms with E-state index in [1.807, 2.05) is 6.07 Å². The topological polar surface area (TPSA) is 54.0 Å². The highest BCUT2D eigenvalue weighted by molar-refractivity contribution is 6.29. The third kappa shape index (κ3) is 1.72. The molecule has 0 unspecified atom stereocenters. The van der Waals surface area contributed by atoms with Crippen molar-refractivity contribution in [1.82, 2.24) is 15.0 Å². The Bertz CT molecular complexity index is 506. The van der Waals surface area contributed by atoms with Crippen LogP contribution >= 0.6 is 11.6 Å². The molecule has 0 radical (unpaired) electrons. The van der Waals surface area contributed by atoms with Crippen LogP contribution < -0.4 is 4.90 Å². The lowest BCUT2D eigenvalue weighted by Gasteiger charge is -2.25. The zero-order valence-corrected chi connectivity index (χ0v) is 9.37. The lowest BCUT2D eigenvalue weighted by molar-refractivity contribution is 0.106. The van der Waals surface area contributed by atoms with Gasteiger partial charge in [-0.3, -0.25) is 0 Å². The summed E-state index contributed by atoms with van der Waals surface area (Å²) in [6.45, 7) is 2.35. The SMILES string of the molecule is Clc1ccc2[nH]c(N3CCCOC3)nc2n1. The average Bonchev–Trinajstić information content (AvgIpc) is 2.73. The summed E-state index contributed by atoms with van der Waals surface area (Å²) in [6.07, 6.45) is 1.02. The molecule has 6 heteroatoms. The van der Waals surface area contributed by atoms with Crippen molar-refractivity contribution in [2.24, 2.45) is 0 Å². The molecule has 1 saturated heterocycles. The van der Waals surface area contributed by atoms with Crippen LogP contribution in [0.5, 0.6) is 0 Å². The van der Waals surface area contributed by atoms with Gasteiger partial charge in [0, 0.05) is 6.54 Å². The van der Waals surface area contributed by atoms with Gasteiger partial charge in [-0.15, -0.1) is 0 Å². The summed E-state index contributed by atoms with van der Waals surface area (Å²) in [7, 11) is 0. The second-order valence-corrected chi connectivity index (χ2v) is 4.11. The van der Waals surface area contributed by atoms with Crippen molar-refractivity contribution in [2.45, 2.75) is 6.42 Å². The predicted octanol–water partition coefficient (Wildman–Crippen LogP) is 1.80. The average molecular weight is 239 g/mol. The Kier molecular flexibility index (Phi) is 2.41. The largest absolute Gasteiger partial charge is 0.361 e. The number of H-pyrrole nitrogens is 1. The summed E-state index contributed by atoms with van der Waals surface area (Å²) in [5.41, 5.74) is 1.54. The number of rotatable bonds is 1. The van der Waals surface area contributed by atoms with E-state index in [9.17, 15) is 0 Å². The van der Waals surface area contributed by atoms with Gasteiger partial charge in [-0.1, -0.05) is 11.6 Å². The van der Waals surface area contributed by atoms with Gasteiger partial charge in [-0.05, 0) is 18.6 Å². The molecule has 2 aromatic heterocycles. The first-order valence-corrected chi connectivity index (χ1v) is 5.56. The number of hydrogen-bond acceptors (Lipinski definition) is 4. The molecule has 2 aromatic rings. The highest BCUT2D eigenvalue weighted by atomic mass is 35.5. The molecule has 1 aliphatic heterocycles. The van der Waals surface area contributed by atoms with E-state index in [1.165, 1.54) is 0 Å². The summed E-state index contributed by atoms with van der Waals surface area (Å²) in [5.74, 6) is 0.796. The highest BCUT2D eigenvalue weighted by Gasteiger charge is 2.15. The van der Waals surface area contributed by atoms with Crippen molar-refractivity contribution in [3.05, 3.63) is 17.3 Å². The van der Waals surface area contributed by atoms with E-state index in [0.29, 0.717) is 17.5 Å². The normalized spacial score (nSPS) is 16.9. The van der Waals surface area contributed by atoms with Gasteiger partial charge in [-0.2, -0.15) is 4.98 Å². The van der Waals surface area contributed by atoms with Gasteiger partial charge in [0.05, 0.1) is 12.1 Å². The van der Waals surface area contributed by atoms with Gasteiger partial charge in [0.2, 0.25) is 5.95 Å². The Balaban J connectivity index is 1.97. The van der Waals surface area contributed by atoms with Gasteiger partial charge >= 0.3 is 0 Å². The van der Waals surface area contributed by atoms with Crippen molar-refractivity contribution >= 4 is 28.7 Å². The molecule has 0 amide bonds. The lowest BCUT2D eigenvalue weighted by atomic mass is 10.4. The van der Waals surface area contributed by atoms with E-state index in [2.05, 4.69) is 19.9 Å². The molecule has 16 heavy (non-hydrogen) atoms. The molecule has 3 heterocycles. The van der Waals surface area contributed by atoms with Crippen molar-refractivity contribution < 1.29 is 4.74 Å². The molecule has 0 spiro atoms. The van der Waals surface area contributed by atoms with Crippen LogP contribution in [0.25, 0.3) is 11.2 Å². The van der Waals surface area contributed by atoms with Crippen LogP contribution in [0.15, 0.2) is 12.1 Å². The number of anilines is 1. The first-order valence-electron chi connectivity index (χ1n) is 5.18. The fourth-order valence-corrected chi connectivity index (χ4v) is 1.91. The smallest absolute Gasteiger partial charge is 0.207 e. The summed E-state index contributed by atoms with van der Waals surface area (Å²) < 4.78 is 5.38. The standard InChI is InChI=1S/C10H11ClN4O/c11-8-3-2-7-9(13-8)14-10(12-7)15-4-1-5-16-6-15/h2-3H,1,4-6H2,(H,12,13,14). The molecular weight excluding hydrogens is 228 g/mol. The number of nitrogens with zero attached hydrogens (tertiary/aromatic N) is 3. The van der Waals surface area contributed by atoms with Crippen LogP contribution in [-0.4, -0.2) is 34.8 Å². The van der Waals surface area contributed by atoms with E-state index < -0.39 is 0 Å². The number of aromatic nitrogens is 3. The monoisotopic (exact) mass is 238 g/mol. The summed E-state index contributed by atoms with van der Waals surface area (Å²) in [6, 6.07) is 3.63. The molecule has 0 saturated carbocycles.